The largest absolute Gasteiger partial charge is 0.355 e. The van der Waals surface area contributed by atoms with Gasteiger partial charge in [-0.2, -0.15) is 0 Å². The van der Waals surface area contributed by atoms with E-state index in [2.05, 4.69) is 17.6 Å². The molecule has 0 spiro atoms. The summed E-state index contributed by atoms with van der Waals surface area (Å²) in [6.45, 7) is 2.60. The number of carbonyl (C=O) groups is 2. The molecule has 2 N–H and O–H groups in total. The zero-order valence-corrected chi connectivity index (χ0v) is 17.6. The summed E-state index contributed by atoms with van der Waals surface area (Å²) in [5.41, 5.74) is 2.42. The minimum absolute atomic E-state index is 0.119. The van der Waals surface area contributed by atoms with Gasteiger partial charge in [-0.15, -0.1) is 0 Å². The summed E-state index contributed by atoms with van der Waals surface area (Å²) in [6, 6.07) is 25.9. The van der Waals surface area contributed by atoms with Crippen molar-refractivity contribution in [2.75, 3.05) is 6.54 Å². The smallest absolute Gasteiger partial charge is 0.253 e. The minimum Gasteiger partial charge on any atom is -0.355 e. The van der Waals surface area contributed by atoms with E-state index in [1.807, 2.05) is 60.7 Å². The molecule has 154 valence electrons. The van der Waals surface area contributed by atoms with Crippen LogP contribution < -0.4 is 10.6 Å². The van der Waals surface area contributed by atoms with Gasteiger partial charge < -0.3 is 10.6 Å². The zero-order chi connectivity index (χ0) is 21.3. The van der Waals surface area contributed by atoms with Crippen LogP contribution in [-0.2, 0) is 4.79 Å². The number of carbonyl (C=O) groups excluding carboxylic acids is 2. The van der Waals surface area contributed by atoms with Crippen molar-refractivity contribution in [1.29, 1.82) is 0 Å². The lowest BCUT2D eigenvalue weighted by molar-refractivity contribution is -0.121. The first-order chi connectivity index (χ1) is 14.5. The molecule has 0 bridgehead atoms. The van der Waals surface area contributed by atoms with Crippen LogP contribution in [0, 0.1) is 0 Å². The second kappa shape index (κ2) is 10.6. The maximum absolute atomic E-state index is 12.8. The zero-order valence-electron chi connectivity index (χ0n) is 16.8. The molecule has 2 atom stereocenters. The van der Waals surface area contributed by atoms with Crippen molar-refractivity contribution < 1.29 is 9.59 Å². The molecule has 3 aromatic rings. The van der Waals surface area contributed by atoms with Gasteiger partial charge in [0, 0.05) is 6.54 Å². The van der Waals surface area contributed by atoms with Gasteiger partial charge in [0.05, 0.1) is 23.0 Å². The Bertz CT molecular complexity index is 977. The number of benzene rings is 3. The first-order valence-electron chi connectivity index (χ1n) is 9.96. The summed E-state index contributed by atoms with van der Waals surface area (Å²) in [4.78, 5) is 25.4. The monoisotopic (exact) mass is 420 g/mol. The molecule has 3 aromatic carbocycles. The summed E-state index contributed by atoms with van der Waals surface area (Å²) < 4.78 is 0. The molecule has 0 saturated carbocycles. The maximum atomic E-state index is 12.8. The van der Waals surface area contributed by atoms with Crippen molar-refractivity contribution >= 4 is 23.4 Å². The Labute approximate surface area is 182 Å². The molecule has 0 aliphatic rings. The molecule has 0 aromatic heterocycles. The Kier molecular flexibility index (Phi) is 7.63. The molecule has 5 heteroatoms. The normalized spacial score (nSPS) is 12.6. The van der Waals surface area contributed by atoms with E-state index in [4.69, 9.17) is 11.6 Å². The van der Waals surface area contributed by atoms with Gasteiger partial charge in [-0.05, 0) is 29.2 Å². The van der Waals surface area contributed by atoms with Crippen LogP contribution in [0.3, 0.4) is 0 Å². The molecule has 4 nitrogen and oxygen atoms in total. The average Bonchev–Trinajstić information content (AvgIpc) is 2.78. The van der Waals surface area contributed by atoms with E-state index in [0.717, 1.165) is 5.56 Å². The predicted molar refractivity (Wildman–Crippen MR) is 121 cm³/mol. The topological polar surface area (TPSA) is 58.2 Å². The third-order valence-electron chi connectivity index (χ3n) is 4.99. The molecule has 0 fully saturated rings. The molecule has 0 saturated heterocycles. The first kappa shape index (κ1) is 21.6. The van der Waals surface area contributed by atoms with E-state index < -0.39 is 6.04 Å². The maximum Gasteiger partial charge on any atom is 0.253 e. The number of nitrogens with one attached hydrogen (secondary N) is 2. The lowest BCUT2D eigenvalue weighted by atomic mass is 10.0. The van der Waals surface area contributed by atoms with Crippen LogP contribution in [0.15, 0.2) is 84.9 Å². The number of amides is 2. The highest BCUT2D eigenvalue weighted by molar-refractivity contribution is 6.33. The molecular weight excluding hydrogens is 396 g/mol. The van der Waals surface area contributed by atoms with Gasteiger partial charge in [0.1, 0.15) is 0 Å². The summed E-state index contributed by atoms with van der Waals surface area (Å²) >= 11 is 6.16. The van der Waals surface area contributed by atoms with Crippen LogP contribution >= 0.6 is 11.6 Å². The van der Waals surface area contributed by atoms with E-state index in [-0.39, 0.29) is 24.2 Å². The molecule has 30 heavy (non-hydrogen) atoms. The fraction of sp³-hybridized carbons (Fsp3) is 0.200. The minimum atomic E-state index is -0.456. The van der Waals surface area contributed by atoms with Gasteiger partial charge in [-0.1, -0.05) is 91.3 Å². The highest BCUT2D eigenvalue weighted by Crippen LogP contribution is 2.20. The molecule has 2 unspecified atom stereocenters. The number of rotatable bonds is 8. The van der Waals surface area contributed by atoms with Crippen molar-refractivity contribution in [2.24, 2.45) is 0 Å². The molecular formula is C25H25ClN2O2. The fourth-order valence-corrected chi connectivity index (χ4v) is 3.46. The average molecular weight is 421 g/mol. The quantitative estimate of drug-likeness (QED) is 0.531. The highest BCUT2D eigenvalue weighted by atomic mass is 35.5. The second-order valence-corrected chi connectivity index (χ2v) is 7.64. The van der Waals surface area contributed by atoms with Crippen molar-refractivity contribution in [3.63, 3.8) is 0 Å². The van der Waals surface area contributed by atoms with Crippen LogP contribution in [0.25, 0.3) is 0 Å². The van der Waals surface area contributed by atoms with Crippen molar-refractivity contribution in [3.05, 3.63) is 107 Å². The summed E-state index contributed by atoms with van der Waals surface area (Å²) in [7, 11) is 0. The summed E-state index contributed by atoms with van der Waals surface area (Å²) in [6.07, 6.45) is 0.141. The lowest BCUT2D eigenvalue weighted by Crippen LogP contribution is -2.35. The molecule has 0 radical (unpaired) electrons. The summed E-state index contributed by atoms with van der Waals surface area (Å²) in [5.74, 6) is -0.228. The van der Waals surface area contributed by atoms with Crippen LogP contribution in [0.4, 0.5) is 0 Å². The van der Waals surface area contributed by atoms with E-state index in [0.29, 0.717) is 17.1 Å². The molecule has 0 aliphatic heterocycles. The van der Waals surface area contributed by atoms with Gasteiger partial charge in [-0.3, -0.25) is 9.59 Å². The van der Waals surface area contributed by atoms with Crippen LogP contribution in [0.2, 0.25) is 5.02 Å². The van der Waals surface area contributed by atoms with Crippen molar-refractivity contribution in [1.82, 2.24) is 10.6 Å². The van der Waals surface area contributed by atoms with Gasteiger partial charge in [0.15, 0.2) is 0 Å². The van der Waals surface area contributed by atoms with Gasteiger partial charge in [-0.25, -0.2) is 0 Å². The third kappa shape index (κ3) is 5.94. The Hall–Kier alpha value is -3.11. The van der Waals surface area contributed by atoms with Crippen molar-refractivity contribution in [2.45, 2.75) is 25.3 Å². The van der Waals surface area contributed by atoms with Crippen LogP contribution in [0.5, 0.6) is 0 Å². The Morgan fingerprint density at radius 2 is 1.40 bits per heavy atom. The Morgan fingerprint density at radius 3 is 2.03 bits per heavy atom. The standard InChI is InChI=1S/C25H25ClN2O2/c1-18(19-10-4-2-5-11-19)17-27-24(29)16-23(20-12-6-3-7-13-20)28-25(30)21-14-8-9-15-22(21)26/h2-15,18,23H,16-17H2,1H3,(H,27,29)(H,28,30). The number of hydrogen-bond donors (Lipinski definition) is 2. The van der Waals surface area contributed by atoms with E-state index in [1.165, 1.54) is 5.56 Å². The SMILES string of the molecule is CC(CNC(=O)CC(NC(=O)c1ccccc1Cl)c1ccccc1)c1ccccc1. The summed E-state index contributed by atoms with van der Waals surface area (Å²) in [5, 5.41) is 6.32. The Balaban J connectivity index is 1.66. The van der Waals surface area contributed by atoms with Gasteiger partial charge in [0.2, 0.25) is 5.91 Å². The van der Waals surface area contributed by atoms with Crippen molar-refractivity contribution in [3.8, 4) is 0 Å². The molecule has 2 amide bonds. The first-order valence-corrected chi connectivity index (χ1v) is 10.3. The highest BCUT2D eigenvalue weighted by Gasteiger charge is 2.20. The fourth-order valence-electron chi connectivity index (χ4n) is 3.24. The molecule has 3 rings (SSSR count). The Morgan fingerprint density at radius 1 is 0.833 bits per heavy atom. The third-order valence-corrected chi connectivity index (χ3v) is 5.32. The molecule has 0 heterocycles. The lowest BCUT2D eigenvalue weighted by Gasteiger charge is -2.20. The van der Waals surface area contributed by atoms with E-state index in [9.17, 15) is 9.59 Å². The van der Waals surface area contributed by atoms with Gasteiger partial charge >= 0.3 is 0 Å². The van der Waals surface area contributed by atoms with Crippen LogP contribution in [0.1, 0.15) is 46.8 Å². The van der Waals surface area contributed by atoms with Gasteiger partial charge in [0.25, 0.3) is 5.91 Å². The predicted octanol–water partition coefficient (Wildman–Crippen LogP) is 5.12. The van der Waals surface area contributed by atoms with Crippen LogP contribution in [-0.4, -0.2) is 18.4 Å². The number of hydrogen-bond acceptors (Lipinski definition) is 2. The molecule has 0 aliphatic carbocycles. The number of halogens is 1. The van der Waals surface area contributed by atoms with E-state index >= 15 is 0 Å². The van der Waals surface area contributed by atoms with E-state index in [1.54, 1.807) is 24.3 Å². The second-order valence-electron chi connectivity index (χ2n) is 7.24.